The van der Waals surface area contributed by atoms with Gasteiger partial charge in [0.05, 0.1) is 19.2 Å². The molecule has 6 heteroatoms. The van der Waals surface area contributed by atoms with Crippen molar-refractivity contribution in [2.24, 2.45) is 0 Å². The molecule has 1 aliphatic rings. The van der Waals surface area contributed by atoms with Crippen molar-refractivity contribution in [3.63, 3.8) is 0 Å². The highest BCUT2D eigenvalue weighted by Crippen LogP contribution is 2.21. The van der Waals surface area contributed by atoms with E-state index in [0.717, 1.165) is 12.0 Å². The summed E-state index contributed by atoms with van der Waals surface area (Å²) in [4.78, 5) is 16.8. The van der Waals surface area contributed by atoms with Crippen LogP contribution in [0.1, 0.15) is 32.8 Å². The van der Waals surface area contributed by atoms with E-state index >= 15 is 0 Å². The van der Waals surface area contributed by atoms with Gasteiger partial charge in [-0.1, -0.05) is 12.1 Å². The predicted octanol–water partition coefficient (Wildman–Crippen LogP) is 3.86. The number of carbonyl (C=O) groups excluding carboxylic acids is 1. The molecule has 1 saturated heterocycles. The molecule has 25 heavy (non-hydrogen) atoms. The average Bonchev–Trinajstić information content (AvgIpc) is 3.01. The van der Waals surface area contributed by atoms with Crippen LogP contribution in [0.2, 0.25) is 0 Å². The van der Waals surface area contributed by atoms with Gasteiger partial charge in [0.15, 0.2) is 0 Å². The van der Waals surface area contributed by atoms with Gasteiger partial charge in [0.25, 0.3) is 5.70 Å². The van der Waals surface area contributed by atoms with Crippen LogP contribution in [0.25, 0.3) is 10.9 Å². The molecule has 1 aromatic rings. The lowest BCUT2D eigenvalue weighted by Crippen LogP contribution is -2.36. The van der Waals surface area contributed by atoms with Crippen molar-refractivity contribution < 1.29 is 14.3 Å². The third-order valence-electron chi connectivity index (χ3n) is 3.52. The Kier molecular flexibility index (Phi) is 5.67. The van der Waals surface area contributed by atoms with Crippen molar-refractivity contribution in [3.8, 4) is 11.8 Å². The van der Waals surface area contributed by atoms with Gasteiger partial charge < -0.3 is 14.4 Å². The minimum absolute atomic E-state index is 0.0393. The molecule has 1 atom stereocenters. The minimum Gasteiger partial charge on any atom is -0.489 e. The van der Waals surface area contributed by atoms with E-state index in [1.54, 1.807) is 29.2 Å². The molecule has 1 heterocycles. The third-order valence-corrected chi connectivity index (χ3v) is 3.52. The fourth-order valence-corrected chi connectivity index (χ4v) is 2.40. The Balaban J connectivity index is 1.92. The SMILES string of the molecule is [C-]#[N+]C(C#N)=Cc1ccc(OC2CCN(C(=O)OC(C)(C)C)C2)cc1. The maximum atomic E-state index is 12.1. The van der Waals surface area contributed by atoms with E-state index in [4.69, 9.17) is 21.3 Å². The monoisotopic (exact) mass is 339 g/mol. The van der Waals surface area contributed by atoms with E-state index in [1.807, 2.05) is 26.8 Å². The number of allylic oxidation sites excluding steroid dienone is 1. The minimum atomic E-state index is -0.507. The first kappa shape index (κ1) is 18.4. The van der Waals surface area contributed by atoms with E-state index in [0.29, 0.717) is 18.8 Å². The van der Waals surface area contributed by atoms with Gasteiger partial charge >= 0.3 is 6.09 Å². The molecule has 130 valence electrons. The second-order valence-corrected chi connectivity index (χ2v) is 6.78. The Hall–Kier alpha value is -2.99. The first-order valence-corrected chi connectivity index (χ1v) is 8.04. The molecule has 0 N–H and O–H groups in total. The van der Waals surface area contributed by atoms with Gasteiger partial charge in [0.1, 0.15) is 17.5 Å². The molecule has 1 amide bonds. The number of ether oxygens (including phenoxy) is 2. The highest BCUT2D eigenvalue weighted by molar-refractivity contribution is 5.68. The number of hydrogen-bond acceptors (Lipinski definition) is 4. The van der Waals surface area contributed by atoms with Gasteiger partial charge in [-0.2, -0.15) is 0 Å². The zero-order chi connectivity index (χ0) is 18.4. The number of rotatable bonds is 3. The Bertz CT molecular complexity index is 717. The van der Waals surface area contributed by atoms with Crippen molar-refractivity contribution in [2.45, 2.75) is 38.9 Å². The molecule has 0 spiro atoms. The highest BCUT2D eigenvalue weighted by atomic mass is 16.6. The molecule has 0 aromatic heterocycles. The van der Waals surface area contributed by atoms with Crippen LogP contribution in [0.3, 0.4) is 0 Å². The number of likely N-dealkylation sites (tertiary alicyclic amines) is 1. The van der Waals surface area contributed by atoms with Crippen LogP contribution >= 0.6 is 0 Å². The number of nitrogens with zero attached hydrogens (tertiary/aromatic N) is 3. The quantitative estimate of drug-likeness (QED) is 0.619. The maximum Gasteiger partial charge on any atom is 0.410 e. The standard InChI is InChI=1S/C19H21N3O3/c1-19(2,3)25-18(23)22-10-9-17(13-22)24-16-7-5-14(6-8-16)11-15(12-20)21-4/h5-8,11,17H,9-10,13H2,1-3H3. The topological polar surface area (TPSA) is 66.9 Å². The van der Waals surface area contributed by atoms with Crippen LogP contribution < -0.4 is 4.74 Å². The van der Waals surface area contributed by atoms with Crippen LogP contribution in [0.15, 0.2) is 30.0 Å². The molecule has 1 unspecified atom stereocenters. The van der Waals surface area contributed by atoms with Crippen LogP contribution in [-0.2, 0) is 4.74 Å². The van der Waals surface area contributed by atoms with Gasteiger partial charge in [0, 0.05) is 13.0 Å². The van der Waals surface area contributed by atoms with Crippen molar-refractivity contribution in [2.75, 3.05) is 13.1 Å². The van der Waals surface area contributed by atoms with E-state index in [-0.39, 0.29) is 17.9 Å². The van der Waals surface area contributed by atoms with Gasteiger partial charge in [-0.05, 0) is 44.5 Å². The van der Waals surface area contributed by atoms with Gasteiger partial charge in [-0.15, -0.1) is 0 Å². The van der Waals surface area contributed by atoms with Crippen molar-refractivity contribution in [1.82, 2.24) is 4.90 Å². The fraction of sp³-hybridized carbons (Fsp3) is 0.421. The Labute approximate surface area is 148 Å². The molecule has 1 aromatic carbocycles. The molecule has 0 saturated carbocycles. The van der Waals surface area contributed by atoms with Gasteiger partial charge in [-0.3, -0.25) is 0 Å². The van der Waals surface area contributed by atoms with Crippen LogP contribution in [0, 0.1) is 17.9 Å². The largest absolute Gasteiger partial charge is 0.489 e. The summed E-state index contributed by atoms with van der Waals surface area (Å²) in [6.07, 6.45) is 1.88. The molecule has 0 radical (unpaired) electrons. The van der Waals surface area contributed by atoms with Crippen molar-refractivity contribution >= 4 is 12.2 Å². The second kappa shape index (κ2) is 7.72. The normalized spacial score (nSPS) is 17.6. The van der Waals surface area contributed by atoms with Crippen molar-refractivity contribution in [3.05, 3.63) is 46.9 Å². The molecule has 1 fully saturated rings. The average molecular weight is 339 g/mol. The zero-order valence-corrected chi connectivity index (χ0v) is 14.7. The molecule has 6 nitrogen and oxygen atoms in total. The smallest absolute Gasteiger partial charge is 0.410 e. The lowest BCUT2D eigenvalue weighted by Gasteiger charge is -2.24. The summed E-state index contributed by atoms with van der Waals surface area (Å²) in [6, 6.07) is 9.00. The molecular formula is C19H21N3O3. The Morgan fingerprint density at radius 1 is 1.40 bits per heavy atom. The summed E-state index contributed by atoms with van der Waals surface area (Å²) in [6.45, 7) is 13.5. The van der Waals surface area contributed by atoms with Gasteiger partial charge in [-0.25, -0.2) is 14.9 Å². The summed E-state index contributed by atoms with van der Waals surface area (Å²) in [7, 11) is 0. The number of carbonyl (C=O) groups is 1. The molecular weight excluding hydrogens is 318 g/mol. The third kappa shape index (κ3) is 5.54. The van der Waals surface area contributed by atoms with Crippen molar-refractivity contribution in [1.29, 1.82) is 5.26 Å². The Morgan fingerprint density at radius 3 is 2.64 bits per heavy atom. The number of nitriles is 1. The van der Waals surface area contributed by atoms with Crippen LogP contribution in [-0.4, -0.2) is 35.8 Å². The number of amides is 1. The number of hydrogen-bond donors (Lipinski definition) is 0. The lowest BCUT2D eigenvalue weighted by atomic mass is 10.2. The highest BCUT2D eigenvalue weighted by Gasteiger charge is 2.30. The first-order chi connectivity index (χ1) is 11.8. The fourth-order valence-electron chi connectivity index (χ4n) is 2.40. The maximum absolute atomic E-state index is 12.1. The van der Waals surface area contributed by atoms with E-state index < -0.39 is 5.60 Å². The van der Waals surface area contributed by atoms with Gasteiger partial charge in [0.2, 0.25) is 0 Å². The summed E-state index contributed by atoms with van der Waals surface area (Å²) in [5.74, 6) is 0.689. The molecule has 0 bridgehead atoms. The van der Waals surface area contributed by atoms with E-state index in [2.05, 4.69) is 4.85 Å². The summed E-state index contributed by atoms with van der Waals surface area (Å²) in [5, 5.41) is 8.77. The Morgan fingerprint density at radius 2 is 2.08 bits per heavy atom. The van der Waals surface area contributed by atoms with Crippen LogP contribution in [0.4, 0.5) is 4.79 Å². The summed E-state index contributed by atoms with van der Waals surface area (Å²) < 4.78 is 11.3. The van der Waals surface area contributed by atoms with E-state index in [9.17, 15) is 4.79 Å². The molecule has 1 aliphatic heterocycles. The molecule has 0 aliphatic carbocycles. The van der Waals surface area contributed by atoms with E-state index in [1.165, 1.54) is 6.08 Å². The predicted molar refractivity (Wildman–Crippen MR) is 93.5 cm³/mol. The van der Waals surface area contributed by atoms with Crippen LogP contribution in [0.5, 0.6) is 5.75 Å². The summed E-state index contributed by atoms with van der Waals surface area (Å²) in [5.41, 5.74) is 0.298. The first-order valence-electron chi connectivity index (χ1n) is 8.04. The second-order valence-electron chi connectivity index (χ2n) is 6.78. The molecule has 2 rings (SSSR count). The zero-order valence-electron chi connectivity index (χ0n) is 14.7. The lowest BCUT2D eigenvalue weighted by molar-refractivity contribution is 0.0275. The summed E-state index contributed by atoms with van der Waals surface area (Å²) >= 11 is 0. The number of benzene rings is 1.